The smallest absolute Gasteiger partial charge is 0.414 e. The van der Waals surface area contributed by atoms with Gasteiger partial charge in [0.05, 0.1) is 37.9 Å². The van der Waals surface area contributed by atoms with Crippen LogP contribution in [0.15, 0.2) is 24.5 Å². The molecule has 2 aromatic rings. The van der Waals surface area contributed by atoms with Crippen LogP contribution < -0.4 is 15.0 Å². The topological polar surface area (TPSA) is 103 Å². The van der Waals surface area contributed by atoms with Gasteiger partial charge in [-0.2, -0.15) is 5.10 Å². The lowest BCUT2D eigenvalue weighted by Crippen LogP contribution is -2.42. The van der Waals surface area contributed by atoms with Crippen molar-refractivity contribution in [1.29, 1.82) is 0 Å². The average molecular weight is 477 g/mol. The summed E-state index contributed by atoms with van der Waals surface area (Å²) in [6, 6.07) is 3.92. The van der Waals surface area contributed by atoms with E-state index in [2.05, 4.69) is 10.4 Å². The first kappa shape index (κ1) is 23.6. The van der Waals surface area contributed by atoms with Crippen molar-refractivity contribution >= 4 is 21.6 Å². The first-order chi connectivity index (χ1) is 15.8. The van der Waals surface area contributed by atoms with E-state index in [0.717, 1.165) is 60.5 Å². The molecular formula is C23H32N4O5S. The minimum Gasteiger partial charge on any atom is -0.492 e. The van der Waals surface area contributed by atoms with E-state index >= 15 is 0 Å². The number of nitrogens with zero attached hydrogens (tertiary/aromatic N) is 3. The quantitative estimate of drug-likeness (QED) is 0.655. The van der Waals surface area contributed by atoms with Crippen LogP contribution in [0.2, 0.25) is 0 Å². The molecule has 2 aliphatic rings. The average Bonchev–Trinajstić information content (AvgIpc) is 3.47. The molecule has 3 heterocycles. The Kier molecular flexibility index (Phi) is 6.94. The molecule has 0 aliphatic carbocycles. The van der Waals surface area contributed by atoms with E-state index in [9.17, 15) is 13.2 Å². The highest BCUT2D eigenvalue weighted by Gasteiger charge is 2.32. The van der Waals surface area contributed by atoms with E-state index in [4.69, 9.17) is 9.47 Å². The molecule has 33 heavy (non-hydrogen) atoms. The van der Waals surface area contributed by atoms with Gasteiger partial charge < -0.3 is 14.8 Å². The normalized spacial score (nSPS) is 20.5. The highest BCUT2D eigenvalue weighted by molar-refractivity contribution is 7.90. The first-order valence-corrected chi connectivity index (χ1v) is 13.4. The molecule has 0 radical (unpaired) electrons. The van der Waals surface area contributed by atoms with E-state index < -0.39 is 9.84 Å². The van der Waals surface area contributed by atoms with Gasteiger partial charge in [-0.15, -0.1) is 0 Å². The third-order valence-corrected chi connectivity index (χ3v) is 7.30. The molecule has 1 N–H and O–H groups in total. The molecule has 1 aromatic heterocycles. The lowest BCUT2D eigenvalue weighted by Gasteiger charge is -2.35. The Labute approximate surface area is 195 Å². The number of aromatic nitrogens is 2. The van der Waals surface area contributed by atoms with Gasteiger partial charge in [-0.05, 0) is 44.9 Å². The van der Waals surface area contributed by atoms with Crippen molar-refractivity contribution in [3.05, 3.63) is 30.1 Å². The maximum absolute atomic E-state index is 12.5. The zero-order valence-corrected chi connectivity index (χ0v) is 20.2. The molecule has 0 unspecified atom stereocenters. The number of hydrogen-bond acceptors (Lipinski definition) is 7. The number of amides is 1. The number of fused-ring (bicyclic) bond motifs is 1. The predicted octanol–water partition coefficient (Wildman–Crippen LogP) is 2.49. The fraction of sp³-hybridized carbons (Fsp3) is 0.565. The second-order valence-corrected chi connectivity index (χ2v) is 11.2. The summed E-state index contributed by atoms with van der Waals surface area (Å²) >= 11 is 0. The second-order valence-electron chi connectivity index (χ2n) is 8.96. The highest BCUT2D eigenvalue weighted by Crippen LogP contribution is 2.43. The predicted molar refractivity (Wildman–Crippen MR) is 127 cm³/mol. The fourth-order valence-corrected chi connectivity index (χ4v) is 5.03. The van der Waals surface area contributed by atoms with Crippen LogP contribution in [0.25, 0.3) is 11.1 Å². The van der Waals surface area contributed by atoms with Gasteiger partial charge >= 0.3 is 6.09 Å². The minimum atomic E-state index is -3.08. The van der Waals surface area contributed by atoms with Crippen LogP contribution in [0, 0.1) is 5.92 Å². The van der Waals surface area contributed by atoms with Crippen LogP contribution in [0.1, 0.15) is 25.3 Å². The van der Waals surface area contributed by atoms with Crippen molar-refractivity contribution in [1.82, 2.24) is 15.1 Å². The van der Waals surface area contributed by atoms with Gasteiger partial charge in [0.2, 0.25) is 0 Å². The van der Waals surface area contributed by atoms with Crippen LogP contribution in [0.4, 0.5) is 10.5 Å². The number of anilines is 1. The van der Waals surface area contributed by atoms with E-state index in [1.54, 1.807) is 15.8 Å². The van der Waals surface area contributed by atoms with Gasteiger partial charge in [0.1, 0.15) is 15.6 Å². The van der Waals surface area contributed by atoms with Gasteiger partial charge in [-0.25, -0.2) is 13.2 Å². The fourth-order valence-electron chi connectivity index (χ4n) is 4.52. The summed E-state index contributed by atoms with van der Waals surface area (Å²) in [5, 5.41) is 7.73. The molecule has 1 aromatic carbocycles. The third kappa shape index (κ3) is 5.33. The molecule has 2 atom stereocenters. The van der Waals surface area contributed by atoms with Crippen molar-refractivity contribution in [3.8, 4) is 16.9 Å². The maximum atomic E-state index is 12.5. The summed E-state index contributed by atoms with van der Waals surface area (Å²) < 4.78 is 36.2. The standard InChI is InChI=1S/C23H32N4O5S/c1-16-4-5-20-21(27(16)23(28)31-2)7-6-19(22(20)32-15-17-8-9-24-12-17)18-13-25-26(14-18)10-11-33(3,29)30/h6-7,13-14,16-17,24H,4-5,8-12,15H2,1-3H3/t16-,17-/m0/s1. The Morgan fingerprint density at radius 3 is 2.82 bits per heavy atom. The van der Waals surface area contributed by atoms with Crippen LogP contribution in [-0.4, -0.2) is 69.1 Å². The van der Waals surface area contributed by atoms with E-state index in [-0.39, 0.29) is 17.9 Å². The van der Waals surface area contributed by atoms with E-state index in [0.29, 0.717) is 19.1 Å². The molecule has 2 aliphatic heterocycles. The monoisotopic (exact) mass is 476 g/mol. The van der Waals surface area contributed by atoms with Crippen LogP contribution in [0.3, 0.4) is 0 Å². The number of methoxy groups -OCH3 is 1. The van der Waals surface area contributed by atoms with Crippen molar-refractivity contribution in [2.24, 2.45) is 5.92 Å². The van der Waals surface area contributed by atoms with Gasteiger partial charge in [0.15, 0.2) is 0 Å². The molecule has 0 bridgehead atoms. The molecule has 1 amide bonds. The Morgan fingerprint density at radius 2 is 2.12 bits per heavy atom. The van der Waals surface area contributed by atoms with Crippen LogP contribution in [-0.2, 0) is 27.5 Å². The van der Waals surface area contributed by atoms with Crippen molar-refractivity contribution in [3.63, 3.8) is 0 Å². The number of sulfone groups is 1. The van der Waals surface area contributed by atoms with Gasteiger partial charge in [0, 0.05) is 47.6 Å². The zero-order chi connectivity index (χ0) is 23.6. The molecule has 9 nitrogen and oxygen atoms in total. The highest BCUT2D eigenvalue weighted by atomic mass is 32.2. The number of hydrogen-bond donors (Lipinski definition) is 1. The number of rotatable bonds is 7. The number of carbonyl (C=O) groups excluding carboxylic acids is 1. The Bertz CT molecular complexity index is 1110. The zero-order valence-electron chi connectivity index (χ0n) is 19.4. The maximum Gasteiger partial charge on any atom is 0.414 e. The minimum absolute atomic E-state index is 0.0291. The van der Waals surface area contributed by atoms with Crippen molar-refractivity contribution in [2.75, 3.05) is 43.7 Å². The molecule has 0 saturated carbocycles. The lowest BCUT2D eigenvalue weighted by atomic mass is 9.92. The summed E-state index contributed by atoms with van der Waals surface area (Å²) in [5.41, 5.74) is 3.55. The molecule has 10 heteroatoms. The van der Waals surface area contributed by atoms with Gasteiger partial charge in [0.25, 0.3) is 0 Å². The first-order valence-electron chi connectivity index (χ1n) is 11.3. The van der Waals surface area contributed by atoms with Crippen molar-refractivity contribution < 1.29 is 22.7 Å². The molecule has 4 rings (SSSR count). The number of aryl methyl sites for hydroxylation is 1. The summed E-state index contributed by atoms with van der Waals surface area (Å²) in [7, 11) is -1.68. The molecular weight excluding hydrogens is 444 g/mol. The van der Waals surface area contributed by atoms with E-state index in [1.807, 2.05) is 25.3 Å². The SMILES string of the molecule is COC(=O)N1c2ccc(-c3cnn(CCS(C)(=O)=O)c3)c(OC[C@H]3CCNC3)c2CC[C@@H]1C. The Hall–Kier alpha value is -2.59. The summed E-state index contributed by atoms with van der Waals surface area (Å²) in [5.74, 6) is 1.23. The molecule has 180 valence electrons. The second kappa shape index (κ2) is 9.72. The Balaban J connectivity index is 1.70. The van der Waals surface area contributed by atoms with Crippen LogP contribution in [0.5, 0.6) is 5.75 Å². The molecule has 1 fully saturated rings. The summed E-state index contributed by atoms with van der Waals surface area (Å²) in [4.78, 5) is 14.2. The Morgan fingerprint density at radius 1 is 1.30 bits per heavy atom. The number of ether oxygens (including phenoxy) is 2. The lowest BCUT2D eigenvalue weighted by molar-refractivity contribution is 0.175. The summed E-state index contributed by atoms with van der Waals surface area (Å²) in [6.07, 6.45) is 7.09. The van der Waals surface area contributed by atoms with Crippen LogP contribution >= 0.6 is 0 Å². The largest absolute Gasteiger partial charge is 0.492 e. The number of benzene rings is 1. The number of carbonyl (C=O) groups is 1. The van der Waals surface area contributed by atoms with Crippen molar-refractivity contribution in [2.45, 2.75) is 38.8 Å². The van der Waals surface area contributed by atoms with Gasteiger partial charge in [-0.1, -0.05) is 0 Å². The van der Waals surface area contributed by atoms with Gasteiger partial charge in [-0.3, -0.25) is 9.58 Å². The summed E-state index contributed by atoms with van der Waals surface area (Å²) in [6.45, 7) is 4.83. The third-order valence-electron chi connectivity index (χ3n) is 6.38. The molecule has 0 spiro atoms. The molecule has 1 saturated heterocycles. The van der Waals surface area contributed by atoms with E-state index in [1.165, 1.54) is 13.4 Å². The number of nitrogens with one attached hydrogen (secondary N) is 1.